The van der Waals surface area contributed by atoms with Crippen LogP contribution in [-0.4, -0.2) is 29.7 Å². The van der Waals surface area contributed by atoms with E-state index in [4.69, 9.17) is 21.1 Å². The van der Waals surface area contributed by atoms with Crippen molar-refractivity contribution in [3.8, 4) is 11.5 Å². The highest BCUT2D eigenvalue weighted by molar-refractivity contribution is 8.01. The Balaban J connectivity index is 1.44. The minimum Gasteiger partial charge on any atom is -0.497 e. The van der Waals surface area contributed by atoms with E-state index in [1.807, 2.05) is 48.5 Å². The number of aromatic nitrogens is 2. The molecule has 2 aromatic carbocycles. The summed E-state index contributed by atoms with van der Waals surface area (Å²) in [4.78, 5) is 0. The van der Waals surface area contributed by atoms with Gasteiger partial charge in [-0.25, -0.2) is 0 Å². The molecular formula is C17H16ClN3O2S2. The first-order valence-corrected chi connectivity index (χ1v) is 9.67. The lowest BCUT2D eigenvalue weighted by molar-refractivity contribution is 0.344. The van der Waals surface area contributed by atoms with Crippen LogP contribution in [0.5, 0.6) is 11.5 Å². The van der Waals surface area contributed by atoms with E-state index in [-0.39, 0.29) is 0 Å². The van der Waals surface area contributed by atoms with E-state index < -0.39 is 0 Å². The van der Waals surface area contributed by atoms with Gasteiger partial charge in [0.15, 0.2) is 4.34 Å². The zero-order valence-corrected chi connectivity index (χ0v) is 15.8. The van der Waals surface area contributed by atoms with Crippen molar-refractivity contribution < 1.29 is 9.47 Å². The SMILES string of the molecule is COc1ccc(Nc2nnc(SCCOc3ccc(Cl)cc3)s2)cc1. The normalized spacial score (nSPS) is 10.5. The molecule has 0 amide bonds. The Bertz CT molecular complexity index is 794. The van der Waals surface area contributed by atoms with Gasteiger partial charge in [0.25, 0.3) is 0 Å². The average Bonchev–Trinajstić information content (AvgIpc) is 3.08. The van der Waals surface area contributed by atoms with E-state index >= 15 is 0 Å². The van der Waals surface area contributed by atoms with Crippen LogP contribution in [0.1, 0.15) is 0 Å². The van der Waals surface area contributed by atoms with Gasteiger partial charge in [0, 0.05) is 16.5 Å². The zero-order valence-electron chi connectivity index (χ0n) is 13.4. The molecule has 0 bridgehead atoms. The smallest absolute Gasteiger partial charge is 0.210 e. The molecule has 0 aliphatic heterocycles. The summed E-state index contributed by atoms with van der Waals surface area (Å²) in [5.74, 6) is 2.42. The maximum atomic E-state index is 5.84. The number of nitrogens with one attached hydrogen (secondary N) is 1. The Labute approximate surface area is 159 Å². The summed E-state index contributed by atoms with van der Waals surface area (Å²) in [6, 6.07) is 15.0. The van der Waals surface area contributed by atoms with Gasteiger partial charge in [0.1, 0.15) is 11.5 Å². The van der Waals surface area contributed by atoms with Crippen molar-refractivity contribution >= 4 is 45.5 Å². The Kier molecular flexibility index (Phi) is 6.38. The number of rotatable bonds is 8. The first-order valence-electron chi connectivity index (χ1n) is 7.49. The third-order valence-electron chi connectivity index (χ3n) is 3.14. The van der Waals surface area contributed by atoms with Crippen LogP contribution in [0.15, 0.2) is 52.9 Å². The first-order chi connectivity index (χ1) is 12.2. The van der Waals surface area contributed by atoms with Crippen LogP contribution in [0.2, 0.25) is 5.02 Å². The van der Waals surface area contributed by atoms with Gasteiger partial charge in [-0.15, -0.1) is 10.2 Å². The quantitative estimate of drug-likeness (QED) is 0.423. The van der Waals surface area contributed by atoms with E-state index in [0.29, 0.717) is 11.6 Å². The topological polar surface area (TPSA) is 56.3 Å². The monoisotopic (exact) mass is 393 g/mol. The summed E-state index contributed by atoms with van der Waals surface area (Å²) in [5, 5.41) is 13.0. The molecule has 0 aliphatic rings. The van der Waals surface area contributed by atoms with E-state index in [9.17, 15) is 0 Å². The number of benzene rings is 2. The Morgan fingerprint density at radius 2 is 1.76 bits per heavy atom. The Morgan fingerprint density at radius 1 is 1.04 bits per heavy atom. The first kappa shape index (κ1) is 17.8. The number of hydrogen-bond donors (Lipinski definition) is 1. The van der Waals surface area contributed by atoms with Crippen molar-refractivity contribution in [1.82, 2.24) is 10.2 Å². The van der Waals surface area contributed by atoms with Crippen LogP contribution in [0.4, 0.5) is 10.8 Å². The van der Waals surface area contributed by atoms with Crippen molar-refractivity contribution in [1.29, 1.82) is 0 Å². The molecule has 0 spiro atoms. The highest BCUT2D eigenvalue weighted by Crippen LogP contribution is 2.28. The number of halogens is 1. The molecule has 8 heteroatoms. The molecule has 25 heavy (non-hydrogen) atoms. The Morgan fingerprint density at radius 3 is 2.48 bits per heavy atom. The fourth-order valence-electron chi connectivity index (χ4n) is 1.94. The van der Waals surface area contributed by atoms with Crippen LogP contribution < -0.4 is 14.8 Å². The molecule has 0 atom stereocenters. The minimum atomic E-state index is 0.590. The number of thioether (sulfide) groups is 1. The van der Waals surface area contributed by atoms with Gasteiger partial charge in [-0.3, -0.25) is 0 Å². The van der Waals surface area contributed by atoms with Crippen molar-refractivity contribution in [3.63, 3.8) is 0 Å². The molecule has 3 aromatic rings. The standard InChI is InChI=1S/C17H16ClN3O2S2/c1-22-14-8-4-13(5-9-14)19-16-20-21-17(25-16)24-11-10-23-15-6-2-12(18)3-7-15/h2-9H,10-11H2,1H3,(H,19,20). The predicted molar refractivity (Wildman–Crippen MR) is 104 cm³/mol. The van der Waals surface area contributed by atoms with Crippen molar-refractivity contribution in [3.05, 3.63) is 53.6 Å². The molecule has 0 saturated heterocycles. The molecule has 0 radical (unpaired) electrons. The second-order valence-corrected chi connectivity index (χ2v) is 7.63. The lowest BCUT2D eigenvalue weighted by Gasteiger charge is -2.04. The lowest BCUT2D eigenvalue weighted by atomic mass is 10.3. The molecule has 1 heterocycles. The van der Waals surface area contributed by atoms with Crippen LogP contribution in [-0.2, 0) is 0 Å². The van der Waals surface area contributed by atoms with Crippen molar-refractivity contribution in [2.45, 2.75) is 4.34 Å². The Hall–Kier alpha value is -1.96. The summed E-state index contributed by atoms with van der Waals surface area (Å²) < 4.78 is 11.7. The van der Waals surface area contributed by atoms with E-state index in [1.54, 1.807) is 18.9 Å². The largest absolute Gasteiger partial charge is 0.497 e. The number of anilines is 2. The molecule has 3 rings (SSSR count). The molecule has 0 aliphatic carbocycles. The molecule has 1 N–H and O–H groups in total. The van der Waals surface area contributed by atoms with Crippen LogP contribution in [0.25, 0.3) is 0 Å². The number of methoxy groups -OCH3 is 1. The number of ether oxygens (including phenoxy) is 2. The molecule has 5 nitrogen and oxygen atoms in total. The molecule has 130 valence electrons. The zero-order chi connectivity index (χ0) is 17.5. The second-order valence-electron chi connectivity index (χ2n) is 4.88. The van der Waals surface area contributed by atoms with Crippen molar-refractivity contribution in [2.24, 2.45) is 0 Å². The highest BCUT2D eigenvalue weighted by Gasteiger charge is 2.05. The molecule has 0 unspecified atom stereocenters. The van der Waals surface area contributed by atoms with Crippen LogP contribution >= 0.6 is 34.7 Å². The molecule has 1 aromatic heterocycles. The van der Waals surface area contributed by atoms with Crippen LogP contribution in [0.3, 0.4) is 0 Å². The van der Waals surface area contributed by atoms with Gasteiger partial charge in [-0.05, 0) is 48.5 Å². The van der Waals surface area contributed by atoms with Gasteiger partial charge in [0.2, 0.25) is 5.13 Å². The maximum absolute atomic E-state index is 5.84. The third kappa shape index (κ3) is 5.52. The minimum absolute atomic E-state index is 0.590. The van der Waals surface area contributed by atoms with Gasteiger partial charge in [0.05, 0.1) is 13.7 Å². The molecule has 0 fully saturated rings. The average molecular weight is 394 g/mol. The van der Waals surface area contributed by atoms with Gasteiger partial charge >= 0.3 is 0 Å². The predicted octanol–water partition coefficient (Wildman–Crippen LogP) is 5.11. The highest BCUT2D eigenvalue weighted by atomic mass is 35.5. The number of nitrogens with zero attached hydrogens (tertiary/aromatic N) is 2. The van der Waals surface area contributed by atoms with Crippen LogP contribution in [0, 0.1) is 0 Å². The lowest BCUT2D eigenvalue weighted by Crippen LogP contribution is -1.99. The second kappa shape index (κ2) is 8.94. The summed E-state index contributed by atoms with van der Waals surface area (Å²) >= 11 is 8.97. The molecule has 0 saturated carbocycles. The van der Waals surface area contributed by atoms with Crippen molar-refractivity contribution in [2.75, 3.05) is 24.8 Å². The van der Waals surface area contributed by atoms with Gasteiger partial charge in [-0.1, -0.05) is 34.7 Å². The third-order valence-corrected chi connectivity index (χ3v) is 5.33. The fourth-order valence-corrected chi connectivity index (χ4v) is 3.72. The fraction of sp³-hybridized carbons (Fsp3) is 0.176. The van der Waals surface area contributed by atoms with E-state index in [0.717, 1.165) is 32.4 Å². The van der Waals surface area contributed by atoms with Gasteiger partial charge in [-0.2, -0.15) is 0 Å². The molecular weight excluding hydrogens is 378 g/mol. The van der Waals surface area contributed by atoms with E-state index in [1.165, 1.54) is 11.3 Å². The maximum Gasteiger partial charge on any atom is 0.210 e. The summed E-state index contributed by atoms with van der Waals surface area (Å²) in [6.07, 6.45) is 0. The summed E-state index contributed by atoms with van der Waals surface area (Å²) in [7, 11) is 1.65. The van der Waals surface area contributed by atoms with Gasteiger partial charge < -0.3 is 14.8 Å². The van der Waals surface area contributed by atoms with E-state index in [2.05, 4.69) is 15.5 Å². The summed E-state index contributed by atoms with van der Waals surface area (Å²) in [5.41, 5.74) is 0.944. The number of hydrogen-bond acceptors (Lipinski definition) is 7. The summed E-state index contributed by atoms with van der Waals surface area (Å²) in [6.45, 7) is 0.590.